The minimum atomic E-state index is 0.558. The van der Waals surface area contributed by atoms with Gasteiger partial charge in [0.25, 0.3) is 0 Å². The van der Waals surface area contributed by atoms with Gasteiger partial charge in [-0.25, -0.2) is 9.97 Å². The number of fused-ring (bicyclic) bond motifs is 5. The second kappa shape index (κ2) is 9.15. The summed E-state index contributed by atoms with van der Waals surface area (Å²) < 4.78 is 6.03. The van der Waals surface area contributed by atoms with Crippen LogP contribution in [-0.4, -0.2) is 9.97 Å². The van der Waals surface area contributed by atoms with Crippen molar-refractivity contribution in [2.45, 2.75) is 0 Å². The molecule has 0 fully saturated rings. The number of para-hydroxylation sites is 2. The fourth-order valence-electron chi connectivity index (χ4n) is 5.69. The van der Waals surface area contributed by atoms with Crippen molar-refractivity contribution < 1.29 is 4.42 Å². The minimum Gasteiger partial charge on any atom is -0.436 e. The van der Waals surface area contributed by atoms with Crippen LogP contribution >= 0.6 is 0 Å². The first-order valence-corrected chi connectivity index (χ1v) is 13.5. The van der Waals surface area contributed by atoms with Gasteiger partial charge in [-0.05, 0) is 80.6 Å². The van der Waals surface area contributed by atoms with Crippen molar-refractivity contribution >= 4 is 44.0 Å². The molecule has 0 aliphatic heterocycles. The van der Waals surface area contributed by atoms with Crippen molar-refractivity contribution in [2.75, 3.05) is 0 Å². The van der Waals surface area contributed by atoms with E-state index in [0.29, 0.717) is 11.3 Å². The van der Waals surface area contributed by atoms with E-state index in [-0.39, 0.29) is 0 Å². The number of aromatic nitrogens is 2. The molecular weight excluding hydrogens is 502 g/mol. The normalized spacial score (nSPS) is 11.4. The smallest absolute Gasteiger partial charge is 0.246 e. The molecule has 0 saturated heterocycles. The minimum absolute atomic E-state index is 0.558. The summed E-state index contributed by atoms with van der Waals surface area (Å²) in [5.74, 6) is 0. The van der Waals surface area contributed by atoms with E-state index in [1.165, 1.54) is 16.3 Å². The molecule has 2 heterocycles. The molecule has 41 heavy (non-hydrogen) atoms. The Morgan fingerprint density at radius 1 is 0.512 bits per heavy atom. The molecule has 0 spiro atoms. The highest BCUT2D eigenvalue weighted by Gasteiger charge is 2.14. The molecule has 6 aromatic carbocycles. The van der Waals surface area contributed by atoms with Gasteiger partial charge in [0.05, 0.1) is 22.7 Å². The summed E-state index contributed by atoms with van der Waals surface area (Å²) in [4.78, 5) is 9.53. The van der Waals surface area contributed by atoms with Gasteiger partial charge < -0.3 is 4.42 Å². The van der Waals surface area contributed by atoms with Crippen molar-refractivity contribution in [1.82, 2.24) is 9.97 Å². The average molecular weight is 524 g/mol. The highest BCUT2D eigenvalue weighted by Crippen LogP contribution is 2.37. The number of furan rings is 1. The molecule has 8 aromatic rings. The Labute approximate surface area is 235 Å². The number of hydrogen-bond acceptors (Lipinski definition) is 4. The third kappa shape index (κ3) is 3.83. The maximum atomic E-state index is 9.18. The lowest BCUT2D eigenvalue weighted by atomic mass is 9.91. The predicted molar refractivity (Wildman–Crippen MR) is 165 cm³/mol. The third-order valence-corrected chi connectivity index (χ3v) is 7.76. The molecule has 0 bridgehead atoms. The molecule has 190 valence electrons. The van der Waals surface area contributed by atoms with Crippen LogP contribution in [0.2, 0.25) is 0 Å². The quantitative estimate of drug-likeness (QED) is 0.231. The standard InChI is InChI=1S/C37H21N3O/c38-22-23-9-11-25(12-10-23)28-18-19-29(31-6-2-1-5-30(28)31)26-15-13-24(14-16-26)27-17-20-35-32(21-27)36-37(41-35)40-34-8-4-3-7-33(34)39-36/h1-21H. The van der Waals surface area contributed by atoms with Crippen LogP contribution in [0.4, 0.5) is 0 Å². The maximum absolute atomic E-state index is 9.18. The summed E-state index contributed by atoms with van der Waals surface area (Å²) in [7, 11) is 0. The fourth-order valence-corrected chi connectivity index (χ4v) is 5.69. The zero-order chi connectivity index (χ0) is 27.3. The summed E-state index contributed by atoms with van der Waals surface area (Å²) >= 11 is 0. The largest absolute Gasteiger partial charge is 0.436 e. The first-order valence-electron chi connectivity index (χ1n) is 13.5. The van der Waals surface area contributed by atoms with Crippen LogP contribution in [-0.2, 0) is 0 Å². The topological polar surface area (TPSA) is 62.7 Å². The van der Waals surface area contributed by atoms with Gasteiger partial charge in [0.15, 0.2) is 0 Å². The highest BCUT2D eigenvalue weighted by atomic mass is 16.3. The Hall–Kier alpha value is -5.79. The Balaban J connectivity index is 1.19. The van der Waals surface area contributed by atoms with Crippen molar-refractivity contribution in [3.63, 3.8) is 0 Å². The molecule has 0 saturated carbocycles. The van der Waals surface area contributed by atoms with E-state index in [0.717, 1.165) is 55.3 Å². The lowest BCUT2D eigenvalue weighted by Gasteiger charge is -2.13. The zero-order valence-corrected chi connectivity index (χ0v) is 21.9. The Bertz CT molecular complexity index is 2310. The summed E-state index contributed by atoms with van der Waals surface area (Å²) in [6.07, 6.45) is 0. The van der Waals surface area contributed by atoms with Crippen molar-refractivity contribution in [2.24, 2.45) is 0 Å². The van der Waals surface area contributed by atoms with Gasteiger partial charge in [-0.1, -0.05) is 91.0 Å². The second-order valence-corrected chi connectivity index (χ2v) is 10.2. The lowest BCUT2D eigenvalue weighted by molar-refractivity contribution is 0.655. The summed E-state index contributed by atoms with van der Waals surface area (Å²) in [5.41, 5.74) is 11.3. The second-order valence-electron chi connectivity index (χ2n) is 10.2. The van der Waals surface area contributed by atoms with Crippen LogP contribution in [0.5, 0.6) is 0 Å². The molecular formula is C37H21N3O. The molecule has 0 aliphatic rings. The maximum Gasteiger partial charge on any atom is 0.246 e. The van der Waals surface area contributed by atoms with Gasteiger partial charge >= 0.3 is 0 Å². The van der Waals surface area contributed by atoms with Gasteiger partial charge in [0.1, 0.15) is 11.1 Å². The first kappa shape index (κ1) is 23.1. The van der Waals surface area contributed by atoms with Crippen LogP contribution in [0.15, 0.2) is 132 Å². The van der Waals surface area contributed by atoms with E-state index in [1.54, 1.807) is 0 Å². The van der Waals surface area contributed by atoms with E-state index in [2.05, 4.69) is 83.8 Å². The van der Waals surface area contributed by atoms with Crippen molar-refractivity contribution in [1.29, 1.82) is 5.26 Å². The number of rotatable bonds is 3. The molecule has 0 amide bonds. The zero-order valence-electron chi connectivity index (χ0n) is 21.9. The summed E-state index contributed by atoms with van der Waals surface area (Å²) in [6, 6.07) is 45.6. The van der Waals surface area contributed by atoms with Gasteiger partial charge in [-0.2, -0.15) is 5.26 Å². The molecule has 8 rings (SSSR count). The molecule has 0 radical (unpaired) electrons. The summed E-state index contributed by atoms with van der Waals surface area (Å²) in [6.45, 7) is 0. The monoisotopic (exact) mass is 523 g/mol. The highest BCUT2D eigenvalue weighted by molar-refractivity contribution is 6.06. The van der Waals surface area contributed by atoms with Crippen LogP contribution < -0.4 is 0 Å². The molecule has 0 atom stereocenters. The van der Waals surface area contributed by atoms with Crippen LogP contribution in [0.25, 0.3) is 77.4 Å². The summed E-state index contributed by atoms with van der Waals surface area (Å²) in [5, 5.41) is 12.5. The predicted octanol–water partition coefficient (Wildman–Crippen LogP) is 9.56. The number of nitrogens with zero attached hydrogens (tertiary/aromatic N) is 3. The Kier molecular flexibility index (Phi) is 5.16. The number of hydrogen-bond donors (Lipinski definition) is 0. The lowest BCUT2D eigenvalue weighted by Crippen LogP contribution is -1.87. The van der Waals surface area contributed by atoms with Crippen LogP contribution in [0.3, 0.4) is 0 Å². The van der Waals surface area contributed by atoms with E-state index < -0.39 is 0 Å². The molecule has 0 unspecified atom stereocenters. The van der Waals surface area contributed by atoms with Gasteiger partial charge in [0, 0.05) is 5.39 Å². The van der Waals surface area contributed by atoms with Crippen molar-refractivity contribution in [3.8, 4) is 39.4 Å². The molecule has 4 nitrogen and oxygen atoms in total. The molecule has 0 N–H and O–H groups in total. The molecule has 0 aliphatic carbocycles. The van der Waals surface area contributed by atoms with E-state index in [4.69, 9.17) is 9.40 Å². The van der Waals surface area contributed by atoms with E-state index in [9.17, 15) is 5.26 Å². The first-order chi connectivity index (χ1) is 20.2. The van der Waals surface area contributed by atoms with Crippen LogP contribution in [0.1, 0.15) is 5.56 Å². The number of nitriles is 1. The van der Waals surface area contributed by atoms with Gasteiger partial charge in [0.2, 0.25) is 5.71 Å². The van der Waals surface area contributed by atoms with Gasteiger partial charge in [-0.15, -0.1) is 0 Å². The van der Waals surface area contributed by atoms with E-state index in [1.807, 2.05) is 54.6 Å². The molecule has 4 heteroatoms. The van der Waals surface area contributed by atoms with Crippen LogP contribution in [0, 0.1) is 11.3 Å². The average Bonchev–Trinajstić information content (AvgIpc) is 3.40. The SMILES string of the molecule is N#Cc1ccc(-c2ccc(-c3ccc(-c4ccc5oc6nc7ccccc7nc6c5c4)cc3)c3ccccc23)cc1. The van der Waals surface area contributed by atoms with Gasteiger partial charge in [-0.3, -0.25) is 0 Å². The third-order valence-electron chi connectivity index (χ3n) is 7.76. The number of benzene rings is 6. The molecule has 2 aromatic heterocycles. The fraction of sp³-hybridized carbons (Fsp3) is 0. The Morgan fingerprint density at radius 3 is 1.73 bits per heavy atom. The van der Waals surface area contributed by atoms with Crippen molar-refractivity contribution in [3.05, 3.63) is 133 Å². The van der Waals surface area contributed by atoms with E-state index >= 15 is 0 Å². The Morgan fingerprint density at radius 2 is 1.07 bits per heavy atom.